The van der Waals surface area contributed by atoms with Crippen molar-refractivity contribution in [3.63, 3.8) is 0 Å². The van der Waals surface area contributed by atoms with Gasteiger partial charge in [-0.1, -0.05) is 42.7 Å². The molecule has 7 nitrogen and oxygen atoms in total. The molecule has 1 aliphatic carbocycles. The number of rotatable bonds is 4. The number of nitrogens with zero attached hydrogens (tertiary/aromatic N) is 3. The second kappa shape index (κ2) is 7.80. The SMILES string of the molecule is Cc1ccc(C2=NN(C(=O)CN3C(=O)[C@H]4CCCC[C@H]4C3=O)[C@H](c3ccco3)C2)cc1. The number of amides is 3. The maximum Gasteiger partial charge on any atom is 0.263 e. The first-order chi connectivity index (χ1) is 15.0. The number of aryl methyl sites for hydroxylation is 1. The molecule has 2 fully saturated rings. The molecule has 0 radical (unpaired) electrons. The molecule has 1 aromatic heterocycles. The van der Waals surface area contributed by atoms with Crippen LogP contribution in [0.4, 0.5) is 0 Å². The quantitative estimate of drug-likeness (QED) is 0.711. The monoisotopic (exact) mass is 419 g/mol. The molecule has 160 valence electrons. The van der Waals surface area contributed by atoms with Gasteiger partial charge >= 0.3 is 0 Å². The number of benzene rings is 1. The molecule has 5 rings (SSSR count). The average Bonchev–Trinajstić information content (AvgIpc) is 3.51. The molecular weight excluding hydrogens is 394 g/mol. The van der Waals surface area contributed by atoms with Gasteiger partial charge in [0.25, 0.3) is 5.91 Å². The Morgan fingerprint density at radius 1 is 1.06 bits per heavy atom. The van der Waals surface area contributed by atoms with Crippen LogP contribution < -0.4 is 0 Å². The van der Waals surface area contributed by atoms with Crippen LogP contribution in [0.2, 0.25) is 0 Å². The molecule has 3 atom stereocenters. The number of carbonyl (C=O) groups is 3. The van der Waals surface area contributed by atoms with Gasteiger partial charge < -0.3 is 4.42 Å². The maximum absolute atomic E-state index is 13.3. The number of hydrazone groups is 1. The fraction of sp³-hybridized carbons (Fsp3) is 0.417. The Hall–Kier alpha value is -3.22. The van der Waals surface area contributed by atoms with Crippen molar-refractivity contribution in [1.82, 2.24) is 9.91 Å². The molecule has 0 N–H and O–H groups in total. The lowest BCUT2D eigenvalue weighted by Gasteiger charge is -2.22. The lowest BCUT2D eigenvalue weighted by atomic mass is 9.81. The molecule has 3 aliphatic rings. The van der Waals surface area contributed by atoms with E-state index in [4.69, 9.17) is 4.42 Å². The highest BCUT2D eigenvalue weighted by atomic mass is 16.3. The second-order valence-corrected chi connectivity index (χ2v) is 8.65. The molecule has 0 bridgehead atoms. The topological polar surface area (TPSA) is 83.2 Å². The van der Waals surface area contributed by atoms with E-state index in [9.17, 15) is 14.4 Å². The van der Waals surface area contributed by atoms with Crippen LogP contribution in [0.1, 0.15) is 55.0 Å². The Kier molecular flexibility index (Phi) is 4.96. The number of carbonyl (C=O) groups excluding carboxylic acids is 3. The minimum Gasteiger partial charge on any atom is -0.467 e. The summed E-state index contributed by atoms with van der Waals surface area (Å²) in [5, 5.41) is 5.98. The van der Waals surface area contributed by atoms with Gasteiger partial charge in [0.2, 0.25) is 11.8 Å². The van der Waals surface area contributed by atoms with Crippen molar-refractivity contribution in [2.75, 3.05) is 6.54 Å². The van der Waals surface area contributed by atoms with Crippen molar-refractivity contribution in [3.8, 4) is 0 Å². The fourth-order valence-electron chi connectivity index (χ4n) is 4.96. The molecule has 2 aromatic rings. The molecule has 7 heteroatoms. The molecule has 1 aromatic carbocycles. The van der Waals surface area contributed by atoms with Crippen LogP contribution in [0.3, 0.4) is 0 Å². The van der Waals surface area contributed by atoms with Gasteiger partial charge in [-0.3, -0.25) is 19.3 Å². The first-order valence-electron chi connectivity index (χ1n) is 10.9. The Labute approximate surface area is 180 Å². The van der Waals surface area contributed by atoms with Crippen LogP contribution in [-0.2, 0) is 14.4 Å². The summed E-state index contributed by atoms with van der Waals surface area (Å²) >= 11 is 0. The van der Waals surface area contributed by atoms with E-state index in [-0.39, 0.29) is 36.1 Å². The highest BCUT2D eigenvalue weighted by molar-refractivity contribution is 6.08. The van der Waals surface area contributed by atoms with Gasteiger partial charge in [-0.2, -0.15) is 5.10 Å². The van der Waals surface area contributed by atoms with Gasteiger partial charge in [-0.05, 0) is 37.5 Å². The first-order valence-corrected chi connectivity index (χ1v) is 10.9. The number of likely N-dealkylation sites (tertiary alicyclic amines) is 1. The van der Waals surface area contributed by atoms with Gasteiger partial charge in [0.15, 0.2) is 0 Å². The van der Waals surface area contributed by atoms with Gasteiger partial charge in [-0.25, -0.2) is 5.01 Å². The van der Waals surface area contributed by atoms with Crippen LogP contribution in [0.5, 0.6) is 0 Å². The summed E-state index contributed by atoms with van der Waals surface area (Å²) in [6.07, 6.45) is 5.45. The molecular formula is C24H25N3O4. The molecule has 2 aliphatic heterocycles. The Morgan fingerprint density at radius 3 is 2.35 bits per heavy atom. The Balaban J connectivity index is 1.40. The Bertz CT molecular complexity index is 1020. The summed E-state index contributed by atoms with van der Waals surface area (Å²) in [5.41, 5.74) is 2.87. The van der Waals surface area contributed by atoms with Crippen LogP contribution in [0, 0.1) is 18.8 Å². The summed E-state index contributed by atoms with van der Waals surface area (Å²) < 4.78 is 5.58. The second-order valence-electron chi connectivity index (χ2n) is 8.65. The maximum atomic E-state index is 13.3. The fourth-order valence-corrected chi connectivity index (χ4v) is 4.96. The molecule has 3 heterocycles. The average molecular weight is 419 g/mol. The van der Waals surface area contributed by atoms with E-state index >= 15 is 0 Å². The third kappa shape index (κ3) is 3.48. The van der Waals surface area contributed by atoms with Crippen molar-refractivity contribution in [1.29, 1.82) is 0 Å². The van der Waals surface area contributed by atoms with Crippen molar-refractivity contribution in [3.05, 3.63) is 59.5 Å². The third-order valence-electron chi connectivity index (χ3n) is 6.65. The van der Waals surface area contributed by atoms with Crippen LogP contribution >= 0.6 is 0 Å². The van der Waals surface area contributed by atoms with E-state index in [1.165, 1.54) is 5.01 Å². The van der Waals surface area contributed by atoms with Gasteiger partial charge in [-0.15, -0.1) is 0 Å². The molecule has 0 spiro atoms. The van der Waals surface area contributed by atoms with Crippen molar-refractivity contribution in [2.45, 2.75) is 45.1 Å². The van der Waals surface area contributed by atoms with Gasteiger partial charge in [0, 0.05) is 6.42 Å². The molecule has 1 saturated heterocycles. The summed E-state index contributed by atoms with van der Waals surface area (Å²) in [6, 6.07) is 11.2. The summed E-state index contributed by atoms with van der Waals surface area (Å²) in [7, 11) is 0. The molecule has 3 amide bonds. The van der Waals surface area contributed by atoms with Gasteiger partial charge in [0.1, 0.15) is 18.3 Å². The zero-order valence-corrected chi connectivity index (χ0v) is 17.5. The standard InChI is InChI=1S/C24H25N3O4/c1-15-8-10-16(11-9-15)19-13-20(21-7-4-12-31-21)27(25-19)22(28)14-26-23(29)17-5-2-3-6-18(17)24(26)30/h4,7-12,17-18,20H,2-3,5-6,13-14H2,1H3/t17-,18+,20-/m0/s1. The highest BCUT2D eigenvalue weighted by Gasteiger charge is 2.49. The number of hydrogen-bond donors (Lipinski definition) is 0. The number of fused-ring (bicyclic) bond motifs is 1. The number of furan rings is 1. The van der Waals surface area contributed by atoms with Crippen LogP contribution in [0.25, 0.3) is 0 Å². The summed E-state index contributed by atoms with van der Waals surface area (Å²) in [6.45, 7) is 1.75. The lowest BCUT2D eigenvalue weighted by molar-refractivity contribution is -0.147. The van der Waals surface area contributed by atoms with Crippen LogP contribution in [-0.4, -0.2) is 39.9 Å². The van der Waals surface area contributed by atoms with E-state index in [0.29, 0.717) is 12.2 Å². The molecule has 31 heavy (non-hydrogen) atoms. The number of hydrogen-bond acceptors (Lipinski definition) is 5. The third-order valence-corrected chi connectivity index (χ3v) is 6.65. The minimum absolute atomic E-state index is 0.209. The van der Waals surface area contributed by atoms with Crippen molar-refractivity contribution in [2.24, 2.45) is 16.9 Å². The molecule has 0 unspecified atom stereocenters. The smallest absolute Gasteiger partial charge is 0.263 e. The zero-order valence-electron chi connectivity index (χ0n) is 17.5. The summed E-state index contributed by atoms with van der Waals surface area (Å²) in [4.78, 5) is 40.0. The van der Waals surface area contributed by atoms with E-state index in [1.54, 1.807) is 12.3 Å². The van der Waals surface area contributed by atoms with E-state index < -0.39 is 6.04 Å². The predicted molar refractivity (Wildman–Crippen MR) is 113 cm³/mol. The predicted octanol–water partition coefficient (Wildman–Crippen LogP) is 3.44. The normalized spacial score (nSPS) is 25.7. The first kappa shape index (κ1) is 19.7. The van der Waals surface area contributed by atoms with E-state index in [0.717, 1.165) is 47.4 Å². The van der Waals surface area contributed by atoms with Crippen LogP contribution in [0.15, 0.2) is 52.2 Å². The lowest BCUT2D eigenvalue weighted by Crippen LogP contribution is -2.41. The van der Waals surface area contributed by atoms with E-state index in [2.05, 4.69) is 5.10 Å². The minimum atomic E-state index is -0.395. The Morgan fingerprint density at radius 2 is 1.74 bits per heavy atom. The van der Waals surface area contributed by atoms with Crippen molar-refractivity contribution < 1.29 is 18.8 Å². The zero-order chi connectivity index (χ0) is 21.5. The highest BCUT2D eigenvalue weighted by Crippen LogP contribution is 2.39. The number of imide groups is 1. The van der Waals surface area contributed by atoms with Crippen molar-refractivity contribution >= 4 is 23.4 Å². The largest absolute Gasteiger partial charge is 0.467 e. The summed E-state index contributed by atoms with van der Waals surface area (Å²) in [5.74, 6) is -0.685. The van der Waals surface area contributed by atoms with Gasteiger partial charge in [0.05, 0.1) is 23.8 Å². The van der Waals surface area contributed by atoms with E-state index in [1.807, 2.05) is 37.3 Å². The molecule has 1 saturated carbocycles.